The summed E-state index contributed by atoms with van der Waals surface area (Å²) < 4.78 is 5.37. The molecule has 2 N–H and O–H groups in total. The van der Waals surface area contributed by atoms with Crippen LogP contribution in [0.4, 0.5) is 0 Å². The van der Waals surface area contributed by atoms with Crippen molar-refractivity contribution >= 4 is 29.7 Å². The van der Waals surface area contributed by atoms with Gasteiger partial charge in [0.1, 0.15) is 17.1 Å². The quantitative estimate of drug-likeness (QED) is 0.524. The SMILES string of the molecule is COc1c(Cl)c(C=Cc2ccccc2)c(C(=O)O)c(O)c1CC=C(C)C. The van der Waals surface area contributed by atoms with Crippen molar-refractivity contribution in [2.45, 2.75) is 20.3 Å². The first kappa shape index (κ1) is 19.6. The highest BCUT2D eigenvalue weighted by Gasteiger charge is 2.25. The van der Waals surface area contributed by atoms with Gasteiger partial charge in [0, 0.05) is 11.1 Å². The normalized spacial score (nSPS) is 10.8. The molecule has 0 unspecified atom stereocenters. The van der Waals surface area contributed by atoms with Gasteiger partial charge in [0.25, 0.3) is 0 Å². The van der Waals surface area contributed by atoms with Crippen molar-refractivity contribution in [3.63, 3.8) is 0 Å². The third kappa shape index (κ3) is 4.27. The zero-order valence-electron chi connectivity index (χ0n) is 14.9. The van der Waals surface area contributed by atoms with Gasteiger partial charge >= 0.3 is 5.97 Å². The van der Waals surface area contributed by atoms with Crippen LogP contribution in [0.3, 0.4) is 0 Å². The number of allylic oxidation sites excluding steroid dienone is 2. The van der Waals surface area contributed by atoms with Crippen LogP contribution in [0.25, 0.3) is 12.2 Å². The van der Waals surface area contributed by atoms with Crippen LogP contribution < -0.4 is 4.74 Å². The first-order valence-electron chi connectivity index (χ1n) is 8.07. The zero-order chi connectivity index (χ0) is 19.3. The van der Waals surface area contributed by atoms with Crippen LogP contribution in [-0.4, -0.2) is 23.3 Å². The van der Waals surface area contributed by atoms with E-state index in [-0.39, 0.29) is 27.6 Å². The fourth-order valence-electron chi connectivity index (χ4n) is 2.58. The Morgan fingerprint density at radius 1 is 1.19 bits per heavy atom. The summed E-state index contributed by atoms with van der Waals surface area (Å²) in [4.78, 5) is 11.8. The maximum Gasteiger partial charge on any atom is 0.340 e. The molecule has 136 valence electrons. The number of phenols is 1. The molecule has 4 nitrogen and oxygen atoms in total. The van der Waals surface area contributed by atoms with Crippen molar-refractivity contribution in [2.75, 3.05) is 7.11 Å². The Kier molecular flexibility index (Phi) is 6.47. The molecule has 2 aromatic rings. The van der Waals surface area contributed by atoms with Gasteiger partial charge in [-0.3, -0.25) is 0 Å². The van der Waals surface area contributed by atoms with Crippen LogP contribution in [0, 0.1) is 0 Å². The minimum Gasteiger partial charge on any atom is -0.507 e. The lowest BCUT2D eigenvalue weighted by molar-refractivity contribution is 0.0693. The molecule has 0 saturated carbocycles. The van der Waals surface area contributed by atoms with Gasteiger partial charge in [-0.1, -0.05) is 65.7 Å². The maximum atomic E-state index is 11.8. The highest BCUT2D eigenvalue weighted by atomic mass is 35.5. The lowest BCUT2D eigenvalue weighted by Gasteiger charge is -2.17. The minimum atomic E-state index is -1.25. The van der Waals surface area contributed by atoms with Crippen LogP contribution >= 0.6 is 11.6 Å². The van der Waals surface area contributed by atoms with Crippen LogP contribution in [0.15, 0.2) is 42.0 Å². The van der Waals surface area contributed by atoms with E-state index in [4.69, 9.17) is 16.3 Å². The molecule has 26 heavy (non-hydrogen) atoms. The van der Waals surface area contributed by atoms with E-state index in [1.54, 1.807) is 12.2 Å². The molecule has 0 amide bonds. The number of halogens is 1. The highest BCUT2D eigenvalue weighted by Crippen LogP contribution is 2.43. The summed E-state index contributed by atoms with van der Waals surface area (Å²) in [5.74, 6) is -1.30. The molecule has 0 fully saturated rings. The standard InChI is InChI=1S/C21H21ClO4/c1-13(2)9-11-16-19(23)17(21(24)25)15(18(22)20(16)26-3)12-10-14-7-5-4-6-8-14/h4-10,12,23H,11H2,1-3H3,(H,24,25). The minimum absolute atomic E-state index is 0.159. The fraction of sp³-hybridized carbons (Fsp3) is 0.190. The van der Waals surface area contributed by atoms with E-state index >= 15 is 0 Å². The summed E-state index contributed by atoms with van der Waals surface area (Å²) in [6.45, 7) is 3.83. The van der Waals surface area contributed by atoms with Gasteiger partial charge in [0.05, 0.1) is 12.1 Å². The van der Waals surface area contributed by atoms with E-state index in [2.05, 4.69) is 0 Å². The van der Waals surface area contributed by atoms with E-state index < -0.39 is 5.97 Å². The number of hydrogen-bond acceptors (Lipinski definition) is 3. The summed E-state index contributed by atoms with van der Waals surface area (Å²) in [7, 11) is 1.44. The second kappa shape index (κ2) is 8.59. The van der Waals surface area contributed by atoms with E-state index in [1.165, 1.54) is 7.11 Å². The molecule has 0 heterocycles. The molecule has 0 saturated heterocycles. The summed E-state index contributed by atoms with van der Waals surface area (Å²) in [5.41, 5.74) is 2.24. The van der Waals surface area contributed by atoms with Crippen LogP contribution in [0.2, 0.25) is 5.02 Å². The molecule has 0 aliphatic heterocycles. The Morgan fingerprint density at radius 3 is 2.38 bits per heavy atom. The molecule has 0 aromatic heterocycles. The molecule has 2 rings (SSSR count). The predicted octanol–water partition coefficient (Wildman–Crippen LogP) is 5.43. The third-order valence-electron chi connectivity index (χ3n) is 3.88. The average Bonchev–Trinajstić information content (AvgIpc) is 2.60. The van der Waals surface area contributed by atoms with Crippen molar-refractivity contribution in [1.29, 1.82) is 0 Å². The number of benzene rings is 2. The van der Waals surface area contributed by atoms with E-state index in [9.17, 15) is 15.0 Å². The molecule has 0 bridgehead atoms. The van der Waals surface area contributed by atoms with Crippen molar-refractivity contribution in [3.8, 4) is 11.5 Å². The van der Waals surface area contributed by atoms with E-state index in [0.717, 1.165) is 11.1 Å². The number of aromatic carboxylic acids is 1. The smallest absolute Gasteiger partial charge is 0.340 e. The summed E-state index contributed by atoms with van der Waals surface area (Å²) in [5, 5.41) is 20.4. The van der Waals surface area contributed by atoms with Gasteiger partial charge in [0.2, 0.25) is 0 Å². The average molecular weight is 373 g/mol. The number of carboxylic acid groups (broad SMARTS) is 1. The van der Waals surface area contributed by atoms with Crippen molar-refractivity contribution in [2.24, 2.45) is 0 Å². The molecule has 0 aliphatic rings. The van der Waals surface area contributed by atoms with E-state index in [0.29, 0.717) is 12.0 Å². The molecule has 5 heteroatoms. The van der Waals surface area contributed by atoms with E-state index in [1.807, 2.05) is 50.3 Å². The molecular weight excluding hydrogens is 352 g/mol. The van der Waals surface area contributed by atoms with Gasteiger partial charge in [-0.25, -0.2) is 4.79 Å². The lowest BCUT2D eigenvalue weighted by Crippen LogP contribution is -2.06. The van der Waals surface area contributed by atoms with Crippen LogP contribution in [0.5, 0.6) is 11.5 Å². The number of ether oxygens (including phenoxy) is 1. The van der Waals surface area contributed by atoms with Crippen LogP contribution in [-0.2, 0) is 6.42 Å². The van der Waals surface area contributed by atoms with Gasteiger partial charge in [0.15, 0.2) is 0 Å². The Labute approximate surface area is 158 Å². The summed E-state index contributed by atoms with van der Waals surface area (Å²) >= 11 is 6.45. The summed E-state index contributed by atoms with van der Waals surface area (Å²) in [6, 6.07) is 9.40. The second-order valence-corrected chi connectivity index (χ2v) is 6.38. The molecule has 2 aromatic carbocycles. The van der Waals surface area contributed by atoms with Crippen molar-refractivity contribution < 1.29 is 19.7 Å². The molecule has 0 aliphatic carbocycles. The highest BCUT2D eigenvalue weighted by molar-refractivity contribution is 6.34. The van der Waals surface area contributed by atoms with Crippen LogP contribution in [0.1, 0.15) is 40.9 Å². The molecule has 0 spiro atoms. The number of hydrogen-bond donors (Lipinski definition) is 2. The second-order valence-electron chi connectivity index (χ2n) is 6.00. The zero-order valence-corrected chi connectivity index (χ0v) is 15.7. The lowest BCUT2D eigenvalue weighted by atomic mass is 9.97. The Balaban J connectivity index is 2.68. The van der Waals surface area contributed by atoms with Gasteiger partial charge in [-0.05, 0) is 25.8 Å². The third-order valence-corrected chi connectivity index (χ3v) is 4.25. The van der Waals surface area contributed by atoms with Crippen molar-refractivity contribution in [1.82, 2.24) is 0 Å². The Hall–Kier alpha value is -2.72. The Bertz CT molecular complexity index is 864. The number of aromatic hydroxyl groups is 1. The predicted molar refractivity (Wildman–Crippen MR) is 105 cm³/mol. The fourth-order valence-corrected chi connectivity index (χ4v) is 2.92. The van der Waals surface area contributed by atoms with Gasteiger partial charge < -0.3 is 14.9 Å². The number of carbonyl (C=O) groups is 1. The van der Waals surface area contributed by atoms with Crippen molar-refractivity contribution in [3.05, 3.63) is 69.3 Å². The molecule has 0 radical (unpaired) electrons. The number of rotatable bonds is 6. The Morgan fingerprint density at radius 2 is 1.85 bits per heavy atom. The first-order chi connectivity index (χ1) is 12.4. The summed E-state index contributed by atoms with van der Waals surface area (Å²) in [6.07, 6.45) is 5.51. The number of carboxylic acids is 1. The molecule has 0 atom stereocenters. The largest absolute Gasteiger partial charge is 0.507 e. The maximum absolute atomic E-state index is 11.8. The topological polar surface area (TPSA) is 66.8 Å². The first-order valence-corrected chi connectivity index (χ1v) is 8.45. The monoisotopic (exact) mass is 372 g/mol. The van der Waals surface area contributed by atoms with Gasteiger partial charge in [-0.15, -0.1) is 0 Å². The number of methoxy groups -OCH3 is 1. The molecular formula is C21H21ClO4. The van der Waals surface area contributed by atoms with Gasteiger partial charge in [-0.2, -0.15) is 0 Å².